The SMILES string of the molecule is O=S(=O)(c1ccc(Cl)c(Cl)c1)N1CCC2CCC(C1)N2. The first-order chi connectivity index (χ1) is 9.46. The third-order valence-corrected chi connectivity index (χ3v) is 6.61. The average Bonchev–Trinajstić information content (AvgIpc) is 2.71. The van der Waals surface area contributed by atoms with E-state index in [0.717, 1.165) is 19.3 Å². The molecule has 2 unspecified atom stereocenters. The lowest BCUT2D eigenvalue weighted by Crippen LogP contribution is -2.39. The molecule has 2 aliphatic rings. The topological polar surface area (TPSA) is 49.4 Å². The van der Waals surface area contributed by atoms with Crippen molar-refractivity contribution in [1.29, 1.82) is 0 Å². The molecule has 0 aromatic heterocycles. The van der Waals surface area contributed by atoms with E-state index < -0.39 is 10.0 Å². The summed E-state index contributed by atoms with van der Waals surface area (Å²) >= 11 is 11.8. The normalized spacial score (nSPS) is 27.5. The molecule has 1 aromatic rings. The van der Waals surface area contributed by atoms with Crippen molar-refractivity contribution in [3.8, 4) is 0 Å². The summed E-state index contributed by atoms with van der Waals surface area (Å²) in [5.41, 5.74) is 0. The zero-order valence-electron chi connectivity index (χ0n) is 10.9. The van der Waals surface area contributed by atoms with Gasteiger partial charge >= 0.3 is 0 Å². The van der Waals surface area contributed by atoms with E-state index in [1.807, 2.05) is 0 Å². The van der Waals surface area contributed by atoms with E-state index in [1.165, 1.54) is 18.2 Å². The number of nitrogens with one attached hydrogen (secondary N) is 1. The van der Waals surface area contributed by atoms with Crippen LogP contribution >= 0.6 is 23.2 Å². The molecule has 0 saturated carbocycles. The number of hydrogen-bond donors (Lipinski definition) is 1. The van der Waals surface area contributed by atoms with E-state index in [2.05, 4.69) is 5.32 Å². The zero-order chi connectivity index (χ0) is 14.3. The van der Waals surface area contributed by atoms with Gasteiger partial charge in [-0.2, -0.15) is 4.31 Å². The maximum atomic E-state index is 12.7. The van der Waals surface area contributed by atoms with Crippen molar-refractivity contribution in [2.24, 2.45) is 0 Å². The molecule has 1 aromatic carbocycles. The third kappa shape index (κ3) is 2.70. The minimum Gasteiger partial charge on any atom is -0.310 e. The highest BCUT2D eigenvalue weighted by molar-refractivity contribution is 7.89. The second-order valence-corrected chi connectivity index (χ2v) is 8.12. The van der Waals surface area contributed by atoms with Crippen molar-refractivity contribution in [1.82, 2.24) is 9.62 Å². The summed E-state index contributed by atoms with van der Waals surface area (Å²) in [5, 5.41) is 4.10. The van der Waals surface area contributed by atoms with Gasteiger partial charge in [-0.3, -0.25) is 0 Å². The van der Waals surface area contributed by atoms with Gasteiger partial charge in [-0.05, 0) is 37.5 Å². The van der Waals surface area contributed by atoms with E-state index in [9.17, 15) is 8.42 Å². The first-order valence-electron chi connectivity index (χ1n) is 6.68. The van der Waals surface area contributed by atoms with Gasteiger partial charge in [0.25, 0.3) is 0 Å². The van der Waals surface area contributed by atoms with Crippen LogP contribution in [0, 0.1) is 0 Å². The highest BCUT2D eigenvalue weighted by Gasteiger charge is 2.35. The van der Waals surface area contributed by atoms with Crippen LogP contribution < -0.4 is 5.32 Å². The fourth-order valence-electron chi connectivity index (χ4n) is 2.92. The largest absolute Gasteiger partial charge is 0.310 e. The van der Waals surface area contributed by atoms with Gasteiger partial charge in [-0.15, -0.1) is 0 Å². The van der Waals surface area contributed by atoms with Gasteiger partial charge in [0.2, 0.25) is 10.0 Å². The molecule has 3 rings (SSSR count). The standard InChI is InChI=1S/C13H16Cl2N2O2S/c14-12-4-3-11(7-13(12)15)20(18,19)17-6-5-9-1-2-10(8-17)16-9/h3-4,7,9-10,16H,1-2,5-6,8H2. The Morgan fingerprint density at radius 2 is 1.85 bits per heavy atom. The van der Waals surface area contributed by atoms with Crippen LogP contribution in [0.2, 0.25) is 10.0 Å². The Labute approximate surface area is 129 Å². The molecular formula is C13H16Cl2N2O2S. The smallest absolute Gasteiger partial charge is 0.243 e. The summed E-state index contributed by atoms with van der Waals surface area (Å²) < 4.78 is 26.9. The number of halogens is 2. The highest BCUT2D eigenvalue weighted by atomic mass is 35.5. The lowest BCUT2D eigenvalue weighted by atomic mass is 10.1. The van der Waals surface area contributed by atoms with Gasteiger partial charge in [0.1, 0.15) is 0 Å². The number of nitrogens with zero attached hydrogens (tertiary/aromatic N) is 1. The molecule has 7 heteroatoms. The molecule has 0 radical (unpaired) electrons. The average molecular weight is 335 g/mol. The molecule has 0 aliphatic carbocycles. The Morgan fingerprint density at radius 3 is 2.60 bits per heavy atom. The van der Waals surface area contributed by atoms with Crippen LogP contribution in [0.1, 0.15) is 19.3 Å². The zero-order valence-corrected chi connectivity index (χ0v) is 13.2. The van der Waals surface area contributed by atoms with Crippen molar-refractivity contribution < 1.29 is 8.42 Å². The van der Waals surface area contributed by atoms with Gasteiger partial charge in [-0.1, -0.05) is 23.2 Å². The maximum absolute atomic E-state index is 12.7. The number of benzene rings is 1. The third-order valence-electron chi connectivity index (χ3n) is 4.01. The minimum absolute atomic E-state index is 0.213. The number of fused-ring (bicyclic) bond motifs is 2. The summed E-state index contributed by atoms with van der Waals surface area (Å²) in [5.74, 6) is 0. The van der Waals surface area contributed by atoms with Crippen LogP contribution in [0.5, 0.6) is 0 Å². The van der Waals surface area contributed by atoms with Gasteiger partial charge in [-0.25, -0.2) is 8.42 Å². The van der Waals surface area contributed by atoms with Gasteiger partial charge in [0.15, 0.2) is 0 Å². The number of rotatable bonds is 2. The van der Waals surface area contributed by atoms with Crippen molar-refractivity contribution in [2.45, 2.75) is 36.2 Å². The summed E-state index contributed by atoms with van der Waals surface area (Å²) in [4.78, 5) is 0.213. The van der Waals surface area contributed by atoms with E-state index in [1.54, 1.807) is 4.31 Å². The summed E-state index contributed by atoms with van der Waals surface area (Å²) in [7, 11) is -3.50. The van der Waals surface area contributed by atoms with E-state index >= 15 is 0 Å². The van der Waals surface area contributed by atoms with Gasteiger partial charge in [0.05, 0.1) is 14.9 Å². The van der Waals surface area contributed by atoms with Gasteiger partial charge < -0.3 is 5.32 Å². The monoisotopic (exact) mass is 334 g/mol. The first kappa shape index (κ1) is 14.6. The van der Waals surface area contributed by atoms with Crippen molar-refractivity contribution in [3.05, 3.63) is 28.2 Å². The molecule has 110 valence electrons. The second kappa shape index (κ2) is 5.46. The Kier molecular flexibility index (Phi) is 3.99. The molecule has 2 heterocycles. The number of sulfonamides is 1. The number of hydrogen-bond acceptors (Lipinski definition) is 3. The Bertz CT molecular complexity index is 621. The van der Waals surface area contributed by atoms with Crippen LogP contribution in [-0.2, 0) is 10.0 Å². The molecular weight excluding hydrogens is 319 g/mol. The van der Waals surface area contributed by atoms with Crippen LogP contribution in [0.25, 0.3) is 0 Å². The van der Waals surface area contributed by atoms with Crippen molar-refractivity contribution in [3.63, 3.8) is 0 Å². The van der Waals surface area contributed by atoms with E-state index in [0.29, 0.717) is 24.2 Å². The Morgan fingerprint density at radius 1 is 1.10 bits per heavy atom. The fraction of sp³-hybridized carbons (Fsp3) is 0.538. The van der Waals surface area contributed by atoms with Crippen LogP contribution in [0.15, 0.2) is 23.1 Å². The molecule has 2 aliphatic heterocycles. The Hall–Kier alpha value is -0.330. The molecule has 2 bridgehead atoms. The molecule has 20 heavy (non-hydrogen) atoms. The molecule has 2 saturated heterocycles. The summed E-state index contributed by atoms with van der Waals surface area (Å²) in [6.07, 6.45) is 3.04. The maximum Gasteiger partial charge on any atom is 0.243 e. The quantitative estimate of drug-likeness (QED) is 0.903. The lowest BCUT2D eigenvalue weighted by molar-refractivity contribution is 0.383. The summed E-state index contributed by atoms with van der Waals surface area (Å²) in [6, 6.07) is 5.18. The van der Waals surface area contributed by atoms with E-state index in [-0.39, 0.29) is 16.0 Å². The fourth-order valence-corrected chi connectivity index (χ4v) is 4.81. The molecule has 1 N–H and O–H groups in total. The Balaban J connectivity index is 1.89. The molecule has 0 amide bonds. The molecule has 2 fully saturated rings. The second-order valence-electron chi connectivity index (χ2n) is 5.37. The van der Waals surface area contributed by atoms with Crippen LogP contribution in [-0.4, -0.2) is 37.9 Å². The predicted molar refractivity (Wildman–Crippen MR) is 79.8 cm³/mol. The molecule has 0 spiro atoms. The van der Waals surface area contributed by atoms with Crippen molar-refractivity contribution >= 4 is 33.2 Å². The minimum atomic E-state index is -3.50. The highest BCUT2D eigenvalue weighted by Crippen LogP contribution is 2.29. The van der Waals surface area contributed by atoms with E-state index in [4.69, 9.17) is 23.2 Å². The van der Waals surface area contributed by atoms with Crippen LogP contribution in [0.3, 0.4) is 0 Å². The molecule has 4 nitrogen and oxygen atoms in total. The molecule has 2 atom stereocenters. The predicted octanol–water partition coefficient (Wildman–Crippen LogP) is 2.51. The van der Waals surface area contributed by atoms with Crippen LogP contribution in [0.4, 0.5) is 0 Å². The lowest BCUT2D eigenvalue weighted by Gasteiger charge is -2.23. The summed E-state index contributed by atoms with van der Waals surface area (Å²) in [6.45, 7) is 1.08. The van der Waals surface area contributed by atoms with Crippen molar-refractivity contribution in [2.75, 3.05) is 13.1 Å². The first-order valence-corrected chi connectivity index (χ1v) is 8.87. The van der Waals surface area contributed by atoms with Gasteiger partial charge in [0, 0.05) is 25.2 Å².